The molecular weight excluding hydrogens is 381 g/mol. The first kappa shape index (κ1) is 16.7. The van der Waals surface area contributed by atoms with E-state index in [0.717, 1.165) is 0 Å². The molecule has 1 aliphatic heterocycles. The molecule has 0 radical (unpaired) electrons. The number of halogens is 2. The van der Waals surface area contributed by atoms with E-state index in [4.69, 9.17) is 37.1 Å². The van der Waals surface area contributed by atoms with Crippen molar-refractivity contribution in [2.24, 2.45) is 0 Å². The van der Waals surface area contributed by atoms with Gasteiger partial charge in [-0.1, -0.05) is 40.4 Å². The summed E-state index contributed by atoms with van der Waals surface area (Å²) in [5, 5.41) is 10.8. The number of carbonyl (C=O) groups is 1. The number of ether oxygens (including phenoxy) is 2. The second-order valence-electron chi connectivity index (χ2n) is 5.39. The van der Waals surface area contributed by atoms with Gasteiger partial charge < -0.3 is 13.9 Å². The van der Waals surface area contributed by atoms with Crippen LogP contribution in [0.4, 0.5) is 6.01 Å². The Labute approximate surface area is 157 Å². The van der Waals surface area contributed by atoms with Crippen molar-refractivity contribution in [3.8, 4) is 11.5 Å². The van der Waals surface area contributed by atoms with E-state index in [0.29, 0.717) is 16.5 Å². The second kappa shape index (κ2) is 6.86. The van der Waals surface area contributed by atoms with Crippen molar-refractivity contribution in [3.05, 3.63) is 64.0 Å². The van der Waals surface area contributed by atoms with Crippen LogP contribution in [-0.4, -0.2) is 22.7 Å². The summed E-state index contributed by atoms with van der Waals surface area (Å²) in [6.07, 6.45) is -0.571. The molecule has 2 heterocycles. The van der Waals surface area contributed by atoms with Gasteiger partial charge in [0.25, 0.3) is 11.8 Å². The van der Waals surface area contributed by atoms with Crippen molar-refractivity contribution in [1.82, 2.24) is 10.2 Å². The van der Waals surface area contributed by atoms with Crippen LogP contribution < -0.4 is 14.8 Å². The summed E-state index contributed by atoms with van der Waals surface area (Å²) in [5.41, 5.74) is 0.199. The SMILES string of the molecule is O=C(Nc1nnc(C2COc3ccccc3O2)o1)c1cc(Cl)ccc1Cl. The molecule has 1 N–H and O–H groups in total. The molecule has 1 atom stereocenters. The maximum atomic E-state index is 12.3. The first-order chi connectivity index (χ1) is 12.6. The van der Waals surface area contributed by atoms with Gasteiger partial charge in [-0.3, -0.25) is 10.1 Å². The third kappa shape index (κ3) is 3.31. The molecule has 0 aliphatic carbocycles. The number of nitrogens with one attached hydrogen (secondary N) is 1. The van der Waals surface area contributed by atoms with Gasteiger partial charge in [-0.05, 0) is 30.3 Å². The van der Waals surface area contributed by atoms with Gasteiger partial charge in [0.1, 0.15) is 6.61 Å². The van der Waals surface area contributed by atoms with Crippen molar-refractivity contribution in [1.29, 1.82) is 0 Å². The lowest BCUT2D eigenvalue weighted by atomic mass is 10.2. The number of anilines is 1. The fourth-order valence-electron chi connectivity index (χ4n) is 2.39. The zero-order valence-corrected chi connectivity index (χ0v) is 14.6. The molecule has 7 nitrogen and oxygen atoms in total. The molecule has 1 amide bonds. The van der Waals surface area contributed by atoms with Crippen LogP contribution in [0.3, 0.4) is 0 Å². The lowest BCUT2D eigenvalue weighted by Gasteiger charge is -2.23. The summed E-state index contributed by atoms with van der Waals surface area (Å²) in [7, 11) is 0. The van der Waals surface area contributed by atoms with E-state index in [2.05, 4.69) is 15.5 Å². The minimum Gasteiger partial charge on any atom is -0.485 e. The zero-order chi connectivity index (χ0) is 18.1. The number of aromatic nitrogens is 2. The van der Waals surface area contributed by atoms with E-state index in [-0.39, 0.29) is 29.1 Å². The number of hydrogen-bond acceptors (Lipinski definition) is 6. The van der Waals surface area contributed by atoms with Gasteiger partial charge in [-0.25, -0.2) is 0 Å². The molecule has 1 aliphatic rings. The summed E-state index contributed by atoms with van der Waals surface area (Å²) in [4.78, 5) is 12.3. The first-order valence-corrected chi connectivity index (χ1v) is 8.34. The van der Waals surface area contributed by atoms with Gasteiger partial charge in [0, 0.05) is 5.02 Å². The van der Waals surface area contributed by atoms with Crippen LogP contribution in [-0.2, 0) is 0 Å². The molecule has 3 aromatic rings. The monoisotopic (exact) mass is 391 g/mol. The lowest BCUT2D eigenvalue weighted by molar-refractivity contribution is 0.0716. The maximum Gasteiger partial charge on any atom is 0.322 e. The fraction of sp³-hybridized carbons (Fsp3) is 0.118. The molecule has 0 fully saturated rings. The van der Waals surface area contributed by atoms with E-state index < -0.39 is 12.0 Å². The third-order valence-corrected chi connectivity index (χ3v) is 4.18. The van der Waals surface area contributed by atoms with Crippen LogP contribution in [0.25, 0.3) is 0 Å². The quantitative estimate of drug-likeness (QED) is 0.721. The maximum absolute atomic E-state index is 12.3. The molecule has 0 bridgehead atoms. The number of nitrogens with zero attached hydrogens (tertiary/aromatic N) is 2. The van der Waals surface area contributed by atoms with Crippen LogP contribution in [0.5, 0.6) is 11.5 Å². The molecule has 4 rings (SSSR count). The smallest absolute Gasteiger partial charge is 0.322 e. The topological polar surface area (TPSA) is 86.5 Å². The average Bonchev–Trinajstić information content (AvgIpc) is 3.11. The summed E-state index contributed by atoms with van der Waals surface area (Å²) in [6.45, 7) is 0.215. The highest BCUT2D eigenvalue weighted by atomic mass is 35.5. The summed E-state index contributed by atoms with van der Waals surface area (Å²) in [5.74, 6) is 0.900. The van der Waals surface area contributed by atoms with Gasteiger partial charge >= 0.3 is 6.01 Å². The Kier molecular flexibility index (Phi) is 4.40. The Morgan fingerprint density at radius 1 is 1.12 bits per heavy atom. The van der Waals surface area contributed by atoms with Crippen molar-refractivity contribution in [2.45, 2.75) is 6.10 Å². The average molecular weight is 392 g/mol. The number of carbonyl (C=O) groups excluding carboxylic acids is 1. The van der Waals surface area contributed by atoms with Gasteiger partial charge in [-0.2, -0.15) is 0 Å². The predicted octanol–water partition coefficient (Wildman–Crippen LogP) is 4.14. The number of amides is 1. The van der Waals surface area contributed by atoms with E-state index in [9.17, 15) is 4.79 Å². The molecule has 1 aromatic heterocycles. The predicted molar refractivity (Wildman–Crippen MR) is 94.0 cm³/mol. The van der Waals surface area contributed by atoms with Gasteiger partial charge in [-0.15, -0.1) is 5.10 Å². The molecule has 2 aromatic carbocycles. The number of fused-ring (bicyclic) bond motifs is 1. The van der Waals surface area contributed by atoms with Crippen LogP contribution in [0.1, 0.15) is 22.4 Å². The minimum atomic E-state index is -0.571. The first-order valence-electron chi connectivity index (χ1n) is 7.58. The van der Waals surface area contributed by atoms with E-state index >= 15 is 0 Å². The summed E-state index contributed by atoms with van der Waals surface area (Å²) in [6, 6.07) is 11.8. The number of para-hydroxylation sites is 2. The largest absolute Gasteiger partial charge is 0.485 e. The minimum absolute atomic E-state index is 0.0801. The van der Waals surface area contributed by atoms with Gasteiger partial charge in [0.2, 0.25) is 6.10 Å². The van der Waals surface area contributed by atoms with E-state index in [1.807, 2.05) is 12.1 Å². The Morgan fingerprint density at radius 2 is 1.92 bits per heavy atom. The molecule has 9 heteroatoms. The van der Waals surface area contributed by atoms with Gasteiger partial charge in [0.15, 0.2) is 11.5 Å². The van der Waals surface area contributed by atoms with E-state index in [1.165, 1.54) is 12.1 Å². The normalized spacial score (nSPS) is 15.5. The van der Waals surface area contributed by atoms with E-state index in [1.54, 1.807) is 18.2 Å². The van der Waals surface area contributed by atoms with Crippen molar-refractivity contribution < 1.29 is 18.7 Å². The summed E-state index contributed by atoms with van der Waals surface area (Å²) >= 11 is 11.9. The highest BCUT2D eigenvalue weighted by molar-refractivity contribution is 6.36. The van der Waals surface area contributed by atoms with Crippen LogP contribution in [0.15, 0.2) is 46.9 Å². The fourth-order valence-corrected chi connectivity index (χ4v) is 2.77. The molecule has 26 heavy (non-hydrogen) atoms. The molecule has 0 spiro atoms. The zero-order valence-electron chi connectivity index (χ0n) is 13.1. The Hall–Kier alpha value is -2.77. The summed E-state index contributed by atoms with van der Waals surface area (Å²) < 4.78 is 16.9. The Balaban J connectivity index is 1.49. The van der Waals surface area contributed by atoms with Crippen LogP contribution >= 0.6 is 23.2 Å². The molecule has 1 unspecified atom stereocenters. The Morgan fingerprint density at radius 3 is 2.77 bits per heavy atom. The van der Waals surface area contributed by atoms with Crippen molar-refractivity contribution >= 4 is 35.1 Å². The van der Waals surface area contributed by atoms with Crippen LogP contribution in [0, 0.1) is 0 Å². The lowest BCUT2D eigenvalue weighted by Crippen LogP contribution is -2.21. The Bertz CT molecular complexity index is 976. The van der Waals surface area contributed by atoms with Crippen molar-refractivity contribution in [3.63, 3.8) is 0 Å². The standard InChI is InChI=1S/C17H11Cl2N3O4/c18-9-5-6-11(19)10(7-9)15(23)20-17-22-21-16(26-17)14-8-24-12-3-1-2-4-13(12)25-14/h1-7,14H,8H2,(H,20,22,23). The molecule has 132 valence electrons. The van der Waals surface area contributed by atoms with Gasteiger partial charge in [0.05, 0.1) is 10.6 Å². The number of hydrogen-bond donors (Lipinski definition) is 1. The van der Waals surface area contributed by atoms with Crippen LogP contribution in [0.2, 0.25) is 10.0 Å². The number of benzene rings is 2. The molecular formula is C17H11Cl2N3O4. The highest BCUT2D eigenvalue weighted by Crippen LogP contribution is 2.35. The third-order valence-electron chi connectivity index (χ3n) is 3.62. The number of rotatable bonds is 3. The molecule has 0 saturated carbocycles. The molecule has 0 saturated heterocycles. The second-order valence-corrected chi connectivity index (χ2v) is 6.23. The highest BCUT2D eigenvalue weighted by Gasteiger charge is 2.27. The van der Waals surface area contributed by atoms with Crippen molar-refractivity contribution in [2.75, 3.05) is 11.9 Å².